The molecule has 6 heteroatoms. The Morgan fingerprint density at radius 1 is 1.26 bits per heavy atom. The monoisotopic (exact) mass is 325 g/mol. The van der Waals surface area contributed by atoms with E-state index in [1.165, 1.54) is 0 Å². The van der Waals surface area contributed by atoms with Gasteiger partial charge in [0.1, 0.15) is 0 Å². The number of carbonyl (C=O) groups excluding carboxylic acids is 2. The Labute approximate surface area is 120 Å². The number of hydrogen-bond donors (Lipinski definition) is 1. The molecule has 0 aromatic heterocycles. The Bertz CT molecular complexity index is 459. The van der Waals surface area contributed by atoms with Gasteiger partial charge in [0.15, 0.2) is 0 Å². The molecule has 0 bridgehead atoms. The Morgan fingerprint density at radius 2 is 1.95 bits per heavy atom. The lowest BCUT2D eigenvalue weighted by Gasteiger charge is -2.32. The molecule has 102 valence electrons. The average molecular weight is 326 g/mol. The number of amides is 3. The van der Waals surface area contributed by atoms with E-state index in [-0.39, 0.29) is 6.03 Å². The third-order valence-corrected chi connectivity index (χ3v) is 3.91. The molecule has 0 aliphatic carbocycles. The number of halogens is 1. The van der Waals surface area contributed by atoms with Gasteiger partial charge in [-0.15, -0.1) is 0 Å². The molecule has 3 amide bonds. The second-order valence-corrected chi connectivity index (χ2v) is 5.23. The summed E-state index contributed by atoms with van der Waals surface area (Å²) >= 11 is 3.45. The van der Waals surface area contributed by atoms with Crippen molar-refractivity contribution >= 4 is 28.4 Å². The molecule has 19 heavy (non-hydrogen) atoms. The van der Waals surface area contributed by atoms with Crippen molar-refractivity contribution in [2.45, 2.75) is 6.54 Å². The zero-order valence-electron chi connectivity index (χ0n) is 10.5. The number of carbonyl (C=O) groups is 2. The third-order valence-electron chi connectivity index (χ3n) is 3.14. The molecule has 1 fully saturated rings. The molecule has 1 aromatic carbocycles. The van der Waals surface area contributed by atoms with Crippen molar-refractivity contribution in [1.29, 1.82) is 0 Å². The average Bonchev–Trinajstić information content (AvgIpc) is 2.46. The van der Waals surface area contributed by atoms with Crippen molar-refractivity contribution in [3.8, 4) is 0 Å². The molecule has 1 aromatic rings. The van der Waals surface area contributed by atoms with E-state index in [1.54, 1.807) is 9.80 Å². The Balaban J connectivity index is 1.82. The lowest BCUT2D eigenvalue weighted by molar-refractivity contribution is -0.119. The number of benzene rings is 1. The van der Waals surface area contributed by atoms with Crippen molar-refractivity contribution in [3.05, 3.63) is 34.3 Å². The highest BCUT2D eigenvalue weighted by atomic mass is 79.9. The zero-order chi connectivity index (χ0) is 13.7. The van der Waals surface area contributed by atoms with Gasteiger partial charge in [-0.3, -0.25) is 4.79 Å². The normalized spacial score (nSPS) is 15.2. The molecule has 1 aliphatic rings. The lowest BCUT2D eigenvalue weighted by atomic mass is 10.2. The molecule has 1 N–H and O–H groups in total. The van der Waals surface area contributed by atoms with Crippen LogP contribution in [0, 0.1) is 0 Å². The molecule has 1 saturated heterocycles. The van der Waals surface area contributed by atoms with Crippen molar-refractivity contribution in [2.75, 3.05) is 26.2 Å². The molecule has 0 spiro atoms. The summed E-state index contributed by atoms with van der Waals surface area (Å²) in [6, 6.07) is 7.71. The first kappa shape index (κ1) is 13.9. The van der Waals surface area contributed by atoms with Gasteiger partial charge in [-0.05, 0) is 11.6 Å². The van der Waals surface area contributed by atoms with Crippen LogP contribution in [0.25, 0.3) is 0 Å². The van der Waals surface area contributed by atoms with Gasteiger partial charge in [-0.1, -0.05) is 34.1 Å². The molecule has 0 unspecified atom stereocenters. The van der Waals surface area contributed by atoms with Gasteiger partial charge in [0.2, 0.25) is 6.41 Å². The van der Waals surface area contributed by atoms with Crippen LogP contribution in [0.5, 0.6) is 0 Å². The topological polar surface area (TPSA) is 52.7 Å². The van der Waals surface area contributed by atoms with Crippen LogP contribution in [0.3, 0.4) is 0 Å². The van der Waals surface area contributed by atoms with Crippen LogP contribution in [0.2, 0.25) is 0 Å². The summed E-state index contributed by atoms with van der Waals surface area (Å²) in [5, 5.41) is 2.89. The quantitative estimate of drug-likeness (QED) is 0.855. The number of rotatable bonds is 3. The van der Waals surface area contributed by atoms with E-state index in [2.05, 4.69) is 21.2 Å². The Morgan fingerprint density at radius 3 is 2.58 bits per heavy atom. The maximum atomic E-state index is 12.0. The molecule has 1 aliphatic heterocycles. The first-order chi connectivity index (χ1) is 9.20. The Hall–Kier alpha value is -1.56. The van der Waals surface area contributed by atoms with Crippen LogP contribution in [0.1, 0.15) is 5.56 Å². The number of hydrogen-bond acceptors (Lipinski definition) is 2. The highest BCUT2D eigenvalue weighted by molar-refractivity contribution is 9.10. The van der Waals surface area contributed by atoms with Crippen molar-refractivity contribution in [2.24, 2.45) is 0 Å². The van der Waals surface area contributed by atoms with Gasteiger partial charge in [0.25, 0.3) is 0 Å². The van der Waals surface area contributed by atoms with Crippen LogP contribution >= 0.6 is 15.9 Å². The highest BCUT2D eigenvalue weighted by Crippen LogP contribution is 2.15. The minimum Gasteiger partial charge on any atom is -0.342 e. The number of nitrogens with one attached hydrogen (secondary N) is 1. The summed E-state index contributed by atoms with van der Waals surface area (Å²) in [5.41, 5.74) is 1.04. The van der Waals surface area contributed by atoms with E-state index in [0.717, 1.165) is 16.4 Å². The largest absolute Gasteiger partial charge is 0.342 e. The van der Waals surface area contributed by atoms with E-state index >= 15 is 0 Å². The molecule has 1 heterocycles. The SMILES string of the molecule is O=CN1CCN(C(=O)NCc2ccccc2Br)CC1. The van der Waals surface area contributed by atoms with E-state index in [9.17, 15) is 9.59 Å². The molecule has 0 radical (unpaired) electrons. The van der Waals surface area contributed by atoms with Gasteiger partial charge < -0.3 is 15.1 Å². The van der Waals surface area contributed by atoms with Crippen LogP contribution in [-0.4, -0.2) is 48.4 Å². The molecule has 0 atom stereocenters. The number of piperazine rings is 1. The van der Waals surface area contributed by atoms with E-state index in [0.29, 0.717) is 32.7 Å². The fraction of sp³-hybridized carbons (Fsp3) is 0.385. The number of urea groups is 1. The fourth-order valence-corrected chi connectivity index (χ4v) is 2.38. The molecule has 2 rings (SSSR count). The van der Waals surface area contributed by atoms with Gasteiger partial charge in [0, 0.05) is 37.2 Å². The Kier molecular flexibility index (Phi) is 4.79. The van der Waals surface area contributed by atoms with Crippen molar-refractivity contribution in [1.82, 2.24) is 15.1 Å². The highest BCUT2D eigenvalue weighted by Gasteiger charge is 2.19. The zero-order valence-corrected chi connectivity index (χ0v) is 12.1. The predicted molar refractivity (Wildman–Crippen MR) is 75.6 cm³/mol. The predicted octanol–water partition coefficient (Wildman–Crippen LogP) is 1.43. The smallest absolute Gasteiger partial charge is 0.317 e. The van der Waals surface area contributed by atoms with Crippen LogP contribution < -0.4 is 5.32 Å². The third kappa shape index (κ3) is 3.70. The van der Waals surface area contributed by atoms with E-state index < -0.39 is 0 Å². The molecule has 0 saturated carbocycles. The maximum absolute atomic E-state index is 12.0. The summed E-state index contributed by atoms with van der Waals surface area (Å²) in [4.78, 5) is 26.0. The van der Waals surface area contributed by atoms with Gasteiger partial charge in [-0.2, -0.15) is 0 Å². The first-order valence-corrected chi connectivity index (χ1v) is 6.95. The summed E-state index contributed by atoms with van der Waals surface area (Å²) in [6.45, 7) is 2.87. The van der Waals surface area contributed by atoms with Crippen LogP contribution in [0.15, 0.2) is 28.7 Å². The second-order valence-electron chi connectivity index (χ2n) is 4.38. The van der Waals surface area contributed by atoms with Gasteiger partial charge >= 0.3 is 6.03 Å². The fourth-order valence-electron chi connectivity index (χ4n) is 1.95. The van der Waals surface area contributed by atoms with Crippen molar-refractivity contribution < 1.29 is 9.59 Å². The molecular formula is C13H16BrN3O2. The van der Waals surface area contributed by atoms with Crippen LogP contribution in [0.4, 0.5) is 4.79 Å². The minimum absolute atomic E-state index is 0.0821. The summed E-state index contributed by atoms with van der Waals surface area (Å²) in [5.74, 6) is 0. The molecule has 5 nitrogen and oxygen atoms in total. The van der Waals surface area contributed by atoms with Gasteiger partial charge in [-0.25, -0.2) is 4.79 Å². The minimum atomic E-state index is -0.0821. The summed E-state index contributed by atoms with van der Waals surface area (Å²) in [7, 11) is 0. The second kappa shape index (κ2) is 6.56. The lowest BCUT2D eigenvalue weighted by Crippen LogP contribution is -2.51. The van der Waals surface area contributed by atoms with E-state index in [1.807, 2.05) is 24.3 Å². The standard InChI is InChI=1S/C13H16BrN3O2/c14-12-4-2-1-3-11(12)9-15-13(19)17-7-5-16(10-18)6-8-17/h1-4,10H,5-9H2,(H,15,19). The molecular weight excluding hydrogens is 310 g/mol. The van der Waals surface area contributed by atoms with Crippen LogP contribution in [-0.2, 0) is 11.3 Å². The first-order valence-electron chi connectivity index (χ1n) is 6.16. The summed E-state index contributed by atoms with van der Waals surface area (Å²) in [6.07, 6.45) is 0.830. The maximum Gasteiger partial charge on any atom is 0.317 e. The van der Waals surface area contributed by atoms with E-state index in [4.69, 9.17) is 0 Å². The number of nitrogens with zero attached hydrogens (tertiary/aromatic N) is 2. The van der Waals surface area contributed by atoms with Gasteiger partial charge in [0.05, 0.1) is 0 Å². The summed E-state index contributed by atoms with van der Waals surface area (Å²) < 4.78 is 0.987. The van der Waals surface area contributed by atoms with Crippen molar-refractivity contribution in [3.63, 3.8) is 0 Å².